The van der Waals surface area contributed by atoms with E-state index in [1.165, 1.54) is 51.6 Å². The van der Waals surface area contributed by atoms with Gasteiger partial charge in [0.15, 0.2) is 23.2 Å². The number of nitrogens with zero attached hydrogens (tertiary/aromatic N) is 1. The molecule has 3 rings (SSSR count). The third-order valence-electron chi connectivity index (χ3n) is 5.96. The third-order valence-corrected chi connectivity index (χ3v) is 6.64. The predicted molar refractivity (Wildman–Crippen MR) is 135 cm³/mol. The van der Waals surface area contributed by atoms with Crippen LogP contribution in [0.25, 0.3) is 0 Å². The van der Waals surface area contributed by atoms with Crippen molar-refractivity contribution < 1.29 is 27.5 Å². The smallest absolute Gasteiger partial charge is 0.194 e. The zero-order valence-electron chi connectivity index (χ0n) is 21.8. The van der Waals surface area contributed by atoms with Crippen LogP contribution in [0.15, 0.2) is 17.5 Å². The highest BCUT2D eigenvalue weighted by atomic mass is 32.1. The van der Waals surface area contributed by atoms with E-state index in [0.717, 1.165) is 29.0 Å². The Balaban J connectivity index is 0.000000419. The van der Waals surface area contributed by atoms with E-state index in [1.807, 2.05) is 6.92 Å². The van der Waals surface area contributed by atoms with Gasteiger partial charge in [-0.1, -0.05) is 34.1 Å². The largest absolute Gasteiger partial charge is 0.490 e. The highest BCUT2D eigenvalue weighted by Gasteiger charge is 2.35. The van der Waals surface area contributed by atoms with E-state index in [9.17, 15) is 22.8 Å². The van der Waals surface area contributed by atoms with Crippen LogP contribution in [0.5, 0.6) is 5.75 Å². The van der Waals surface area contributed by atoms with E-state index in [4.69, 9.17) is 4.74 Å². The average Bonchev–Trinajstić information content (AvgIpc) is 3.23. The number of carbonyl (C=O) groups is 2. The molecule has 196 valence electrons. The Labute approximate surface area is 211 Å². The first-order valence-electron chi connectivity index (χ1n) is 12.0. The minimum absolute atomic E-state index is 0.0523. The summed E-state index contributed by atoms with van der Waals surface area (Å²) in [5.74, 6) is -3.05. The number of aromatic nitrogens is 1. The van der Waals surface area contributed by atoms with Gasteiger partial charge in [0.25, 0.3) is 0 Å². The number of carbonyl (C=O) groups excluding carboxylic acids is 2. The summed E-state index contributed by atoms with van der Waals surface area (Å²) in [5.41, 5.74) is 2.02. The summed E-state index contributed by atoms with van der Waals surface area (Å²) in [6.45, 7) is 13.4. The number of ketones is 2. The minimum atomic E-state index is -1.51. The van der Waals surface area contributed by atoms with E-state index < -0.39 is 17.5 Å². The van der Waals surface area contributed by atoms with Crippen molar-refractivity contribution in [2.45, 2.75) is 93.1 Å². The first-order chi connectivity index (χ1) is 16.3. The molecule has 4 nitrogen and oxygen atoms in total. The number of aryl methyl sites for hydroxylation is 1. The summed E-state index contributed by atoms with van der Waals surface area (Å²) in [7, 11) is 0. The van der Waals surface area contributed by atoms with Crippen molar-refractivity contribution >= 4 is 23.1 Å². The molecule has 35 heavy (non-hydrogen) atoms. The summed E-state index contributed by atoms with van der Waals surface area (Å²) in [5, 5.41) is 1.81. The molecule has 0 saturated heterocycles. The highest BCUT2D eigenvalue weighted by molar-refractivity contribution is 7.03. The second-order valence-corrected chi connectivity index (χ2v) is 10.3. The van der Waals surface area contributed by atoms with Gasteiger partial charge in [0.1, 0.15) is 17.2 Å². The topological polar surface area (TPSA) is 56.3 Å². The summed E-state index contributed by atoms with van der Waals surface area (Å²) in [6.07, 6.45) is 5.71. The number of hydrogen-bond acceptors (Lipinski definition) is 5. The van der Waals surface area contributed by atoms with E-state index >= 15 is 0 Å². The van der Waals surface area contributed by atoms with Crippen molar-refractivity contribution in [3.8, 4) is 5.75 Å². The van der Waals surface area contributed by atoms with Crippen LogP contribution >= 0.6 is 11.5 Å². The molecule has 2 aromatic rings. The zero-order chi connectivity index (χ0) is 26.8. The normalized spacial score (nSPS) is 19.3. The number of rotatable bonds is 8. The van der Waals surface area contributed by atoms with Gasteiger partial charge in [-0.25, -0.2) is 13.2 Å². The van der Waals surface area contributed by atoms with Gasteiger partial charge in [0, 0.05) is 24.4 Å². The summed E-state index contributed by atoms with van der Waals surface area (Å²) in [4.78, 5) is 20.9. The standard InChI is InChI=1S/C16H16F3NO2S.C8H16.C3H6O/c1-3-11(5-4-10-8-23-20-16(10)9(2)21)22-12-6-13(17)15(19)14(18)7-12;1-4-8(3)5-7(2)6-8;1-3(2)4/h6-8,11H,3-5H2,1-2H3;7H,4-6H2,1-3H3;1-2H3. The Morgan fingerprint density at radius 2 is 1.69 bits per heavy atom. The minimum Gasteiger partial charge on any atom is -0.490 e. The van der Waals surface area contributed by atoms with Crippen LogP contribution < -0.4 is 4.74 Å². The maximum absolute atomic E-state index is 13.2. The number of Topliss-reactive ketones (excluding diaryl/α,β-unsaturated/α-hetero) is 2. The molecule has 1 heterocycles. The molecule has 1 saturated carbocycles. The fraction of sp³-hybridized carbons (Fsp3) is 0.593. The second-order valence-electron chi connectivity index (χ2n) is 9.72. The molecule has 8 heteroatoms. The van der Waals surface area contributed by atoms with Gasteiger partial charge in [0.05, 0.1) is 6.10 Å². The molecular weight excluding hydrogens is 475 g/mol. The molecule has 1 atom stereocenters. The third kappa shape index (κ3) is 10.5. The Hall–Kier alpha value is -2.22. The van der Waals surface area contributed by atoms with Gasteiger partial charge < -0.3 is 9.53 Å². The molecule has 1 aromatic carbocycles. The molecule has 1 fully saturated rings. The van der Waals surface area contributed by atoms with Crippen LogP contribution in [0.2, 0.25) is 0 Å². The van der Waals surface area contributed by atoms with Crippen molar-refractivity contribution in [3.05, 3.63) is 46.2 Å². The Morgan fingerprint density at radius 1 is 1.14 bits per heavy atom. The lowest BCUT2D eigenvalue weighted by Gasteiger charge is -2.43. The van der Waals surface area contributed by atoms with Crippen LogP contribution in [0.3, 0.4) is 0 Å². The maximum Gasteiger partial charge on any atom is 0.194 e. The monoisotopic (exact) mass is 513 g/mol. The Morgan fingerprint density at radius 3 is 2.09 bits per heavy atom. The lowest BCUT2D eigenvalue weighted by Crippen LogP contribution is -2.31. The van der Waals surface area contributed by atoms with Crippen molar-refractivity contribution in [3.63, 3.8) is 0 Å². The second kappa shape index (κ2) is 14.4. The van der Waals surface area contributed by atoms with Gasteiger partial charge in [-0.3, -0.25) is 4.79 Å². The summed E-state index contributed by atoms with van der Waals surface area (Å²) >= 11 is 1.21. The van der Waals surface area contributed by atoms with E-state index in [1.54, 1.807) is 5.38 Å². The predicted octanol–water partition coefficient (Wildman–Crippen LogP) is 7.98. The Bertz CT molecular complexity index is 943. The van der Waals surface area contributed by atoms with Crippen LogP contribution in [-0.4, -0.2) is 22.0 Å². The summed E-state index contributed by atoms with van der Waals surface area (Å²) in [6, 6.07) is 1.66. The number of halogens is 3. The molecule has 0 aliphatic heterocycles. The quantitative estimate of drug-likeness (QED) is 0.265. The molecular formula is C27H38F3NO3S. The Kier molecular flexibility index (Phi) is 12.6. The van der Waals surface area contributed by atoms with Gasteiger partial charge in [-0.05, 0) is 74.4 Å². The molecule has 1 unspecified atom stereocenters. The number of benzene rings is 1. The van der Waals surface area contributed by atoms with E-state index in [-0.39, 0.29) is 23.4 Å². The van der Waals surface area contributed by atoms with Crippen LogP contribution in [0.1, 0.15) is 96.6 Å². The SMILES string of the molecule is CC(C)=O.CCC(CCc1csnc1C(C)=O)Oc1cc(F)c(F)c(F)c1.CCC1(C)CC(C)C1. The van der Waals surface area contributed by atoms with E-state index in [2.05, 4.69) is 25.1 Å². The first kappa shape index (κ1) is 30.8. The molecule has 1 aliphatic rings. The van der Waals surface area contributed by atoms with Crippen molar-refractivity contribution in [1.29, 1.82) is 0 Å². The highest BCUT2D eigenvalue weighted by Crippen LogP contribution is 2.47. The van der Waals surface area contributed by atoms with Crippen molar-refractivity contribution in [2.24, 2.45) is 11.3 Å². The fourth-order valence-corrected chi connectivity index (χ4v) is 4.85. The van der Waals surface area contributed by atoms with Gasteiger partial charge in [-0.2, -0.15) is 4.37 Å². The van der Waals surface area contributed by atoms with Crippen LogP contribution in [-0.2, 0) is 11.2 Å². The van der Waals surface area contributed by atoms with Gasteiger partial charge >= 0.3 is 0 Å². The van der Waals surface area contributed by atoms with Gasteiger partial charge in [-0.15, -0.1) is 0 Å². The average molecular weight is 514 g/mol. The molecule has 1 aliphatic carbocycles. The first-order valence-corrected chi connectivity index (χ1v) is 12.9. The molecule has 0 bridgehead atoms. The molecule has 1 aromatic heterocycles. The molecule has 0 N–H and O–H groups in total. The molecule has 0 amide bonds. The van der Waals surface area contributed by atoms with Gasteiger partial charge in [0.2, 0.25) is 0 Å². The number of ether oxygens (including phenoxy) is 1. The van der Waals surface area contributed by atoms with Crippen LogP contribution in [0, 0.1) is 28.8 Å². The lowest BCUT2D eigenvalue weighted by molar-refractivity contribution is -0.115. The maximum atomic E-state index is 13.2. The molecule has 0 radical (unpaired) electrons. The zero-order valence-corrected chi connectivity index (χ0v) is 22.7. The lowest BCUT2D eigenvalue weighted by atomic mass is 9.63. The van der Waals surface area contributed by atoms with Crippen LogP contribution in [0.4, 0.5) is 13.2 Å². The van der Waals surface area contributed by atoms with E-state index in [0.29, 0.717) is 25.0 Å². The van der Waals surface area contributed by atoms with Crippen molar-refractivity contribution in [1.82, 2.24) is 4.37 Å². The van der Waals surface area contributed by atoms with Crippen molar-refractivity contribution in [2.75, 3.05) is 0 Å². The molecule has 0 spiro atoms. The summed E-state index contributed by atoms with van der Waals surface area (Å²) < 4.78 is 48.9. The number of hydrogen-bond donors (Lipinski definition) is 0. The fourth-order valence-electron chi connectivity index (χ4n) is 4.09.